The average Bonchev–Trinajstić information content (AvgIpc) is 2.40. The van der Waals surface area contributed by atoms with Crippen LogP contribution in [0.5, 0.6) is 0 Å². The summed E-state index contributed by atoms with van der Waals surface area (Å²) in [5.74, 6) is -0.594. The second kappa shape index (κ2) is 3.59. The highest BCUT2D eigenvalue weighted by Crippen LogP contribution is 2.37. The first kappa shape index (κ1) is 11.0. The first-order chi connectivity index (χ1) is 6.49. The summed E-state index contributed by atoms with van der Waals surface area (Å²) in [5.41, 5.74) is -0.926. The molecule has 0 saturated carbocycles. The Kier molecular flexibility index (Phi) is 2.83. The third kappa shape index (κ3) is 1.29. The van der Waals surface area contributed by atoms with E-state index < -0.39 is 11.4 Å². The number of hydroxylamine groups is 2. The number of hydrogen-bond donors (Lipinski definition) is 0. The van der Waals surface area contributed by atoms with E-state index in [1.807, 2.05) is 27.7 Å². The number of nitrogens with zero attached hydrogens (tertiary/aromatic N) is 1. The van der Waals surface area contributed by atoms with Crippen molar-refractivity contribution in [1.82, 2.24) is 5.06 Å². The van der Waals surface area contributed by atoms with Crippen LogP contribution in [0.4, 0.5) is 0 Å². The molecule has 1 fully saturated rings. The van der Waals surface area contributed by atoms with Crippen LogP contribution in [0.3, 0.4) is 0 Å². The molecular formula is C10H17NO3. The molecule has 0 bridgehead atoms. The van der Waals surface area contributed by atoms with Gasteiger partial charge in [0.1, 0.15) is 0 Å². The van der Waals surface area contributed by atoms with Crippen LogP contribution in [0.15, 0.2) is 0 Å². The molecule has 1 aliphatic heterocycles. The molecule has 4 heteroatoms. The van der Waals surface area contributed by atoms with E-state index in [9.17, 15) is 9.59 Å². The Hall–Kier alpha value is -1.06. The van der Waals surface area contributed by atoms with Gasteiger partial charge in [0.05, 0.1) is 6.04 Å². The summed E-state index contributed by atoms with van der Waals surface area (Å²) < 4.78 is 0. The van der Waals surface area contributed by atoms with E-state index in [2.05, 4.69) is 0 Å². The van der Waals surface area contributed by atoms with Gasteiger partial charge >= 0.3 is 5.97 Å². The van der Waals surface area contributed by atoms with Gasteiger partial charge in [-0.15, -0.1) is 0 Å². The fourth-order valence-electron chi connectivity index (χ4n) is 1.70. The molecule has 1 heterocycles. The van der Waals surface area contributed by atoms with Gasteiger partial charge in [-0.25, -0.2) is 4.79 Å². The maximum atomic E-state index is 11.9. The molecule has 1 saturated heterocycles. The highest BCUT2D eigenvalue weighted by molar-refractivity contribution is 6.06. The van der Waals surface area contributed by atoms with Crippen molar-refractivity contribution in [3.05, 3.63) is 0 Å². The number of hydrogen-bond acceptors (Lipinski definition) is 3. The van der Waals surface area contributed by atoms with Crippen molar-refractivity contribution >= 4 is 11.9 Å². The fourth-order valence-corrected chi connectivity index (χ4v) is 1.70. The Bertz CT molecular complexity index is 256. The molecular weight excluding hydrogens is 182 g/mol. The molecule has 0 aromatic heterocycles. The summed E-state index contributed by atoms with van der Waals surface area (Å²) in [6.07, 6.45) is 1.01. The maximum absolute atomic E-state index is 11.9. The summed E-state index contributed by atoms with van der Waals surface area (Å²) in [7, 11) is 0. The molecule has 80 valence electrons. The highest BCUT2D eigenvalue weighted by atomic mass is 16.7. The van der Waals surface area contributed by atoms with Gasteiger partial charge < -0.3 is 4.84 Å². The summed E-state index contributed by atoms with van der Waals surface area (Å²) in [6.45, 7) is 7.33. The van der Waals surface area contributed by atoms with Crippen LogP contribution in [0.25, 0.3) is 0 Å². The van der Waals surface area contributed by atoms with Gasteiger partial charge in [0.15, 0.2) is 5.41 Å². The van der Waals surface area contributed by atoms with Gasteiger partial charge in [0, 0.05) is 0 Å². The van der Waals surface area contributed by atoms with Crippen molar-refractivity contribution in [3.8, 4) is 0 Å². The van der Waals surface area contributed by atoms with Crippen LogP contribution in [0.2, 0.25) is 0 Å². The molecule has 0 unspecified atom stereocenters. The monoisotopic (exact) mass is 199 g/mol. The Balaban J connectivity index is 3.01. The van der Waals surface area contributed by atoms with Gasteiger partial charge in [-0.3, -0.25) is 4.79 Å². The van der Waals surface area contributed by atoms with Crippen LogP contribution >= 0.6 is 0 Å². The lowest BCUT2D eigenvalue weighted by Crippen LogP contribution is -2.38. The van der Waals surface area contributed by atoms with E-state index in [1.165, 1.54) is 5.06 Å². The quantitative estimate of drug-likeness (QED) is 0.647. The molecule has 0 N–H and O–H groups in total. The molecule has 1 amide bonds. The first-order valence-corrected chi connectivity index (χ1v) is 5.05. The van der Waals surface area contributed by atoms with Crippen LogP contribution in [0.1, 0.15) is 40.5 Å². The lowest BCUT2D eigenvalue weighted by Gasteiger charge is -2.20. The second-order valence-electron chi connectivity index (χ2n) is 3.89. The minimum atomic E-state index is -0.926. The van der Waals surface area contributed by atoms with Crippen molar-refractivity contribution in [2.45, 2.75) is 46.6 Å². The predicted molar refractivity (Wildman–Crippen MR) is 51.1 cm³/mol. The zero-order chi connectivity index (χ0) is 10.9. The van der Waals surface area contributed by atoms with Gasteiger partial charge in [0.2, 0.25) is 0 Å². The lowest BCUT2D eigenvalue weighted by atomic mass is 9.82. The van der Waals surface area contributed by atoms with Crippen LogP contribution in [0, 0.1) is 5.41 Å². The van der Waals surface area contributed by atoms with Gasteiger partial charge in [0.25, 0.3) is 5.91 Å². The molecule has 0 aromatic rings. The zero-order valence-corrected chi connectivity index (χ0v) is 9.16. The fraction of sp³-hybridized carbons (Fsp3) is 0.800. The van der Waals surface area contributed by atoms with Crippen molar-refractivity contribution in [1.29, 1.82) is 0 Å². The minimum Gasteiger partial charge on any atom is -0.337 e. The summed E-state index contributed by atoms with van der Waals surface area (Å²) in [6, 6.07) is -0.0913. The Morgan fingerprint density at radius 3 is 2.00 bits per heavy atom. The molecule has 0 aromatic carbocycles. The van der Waals surface area contributed by atoms with E-state index in [4.69, 9.17) is 4.84 Å². The molecule has 1 aliphatic rings. The number of amides is 1. The smallest absolute Gasteiger partial charge is 0.337 e. The van der Waals surface area contributed by atoms with Crippen molar-refractivity contribution < 1.29 is 14.4 Å². The van der Waals surface area contributed by atoms with Crippen LogP contribution < -0.4 is 0 Å². The predicted octanol–water partition coefficient (Wildman–Crippen LogP) is 1.50. The zero-order valence-electron chi connectivity index (χ0n) is 9.16. The normalized spacial score (nSPS) is 20.5. The average molecular weight is 199 g/mol. The van der Waals surface area contributed by atoms with E-state index in [-0.39, 0.29) is 11.9 Å². The molecule has 14 heavy (non-hydrogen) atoms. The molecule has 1 rings (SSSR count). The summed E-state index contributed by atoms with van der Waals surface area (Å²) >= 11 is 0. The Morgan fingerprint density at radius 1 is 1.29 bits per heavy atom. The lowest BCUT2D eigenvalue weighted by molar-refractivity contribution is -0.184. The molecule has 0 radical (unpaired) electrons. The molecule has 0 spiro atoms. The number of carbonyl (C=O) groups excluding carboxylic acids is 2. The third-order valence-electron chi connectivity index (χ3n) is 2.86. The number of rotatable bonds is 3. The number of carbonyl (C=O) groups is 2. The van der Waals surface area contributed by atoms with Crippen molar-refractivity contribution in [3.63, 3.8) is 0 Å². The van der Waals surface area contributed by atoms with Crippen molar-refractivity contribution in [2.75, 3.05) is 0 Å². The summed E-state index contributed by atoms with van der Waals surface area (Å²) in [4.78, 5) is 28.5. The summed E-state index contributed by atoms with van der Waals surface area (Å²) in [5, 5.41) is 1.19. The van der Waals surface area contributed by atoms with Gasteiger partial charge in [-0.1, -0.05) is 13.8 Å². The standard InChI is InChI=1S/C10H17NO3/c1-5-10(6-2)8(12)11(7(3)4)14-9(10)13/h7H,5-6H2,1-4H3. The topological polar surface area (TPSA) is 46.6 Å². The Morgan fingerprint density at radius 2 is 1.79 bits per heavy atom. The highest BCUT2D eigenvalue weighted by Gasteiger charge is 2.54. The maximum Gasteiger partial charge on any atom is 0.348 e. The van der Waals surface area contributed by atoms with Crippen molar-refractivity contribution in [2.24, 2.45) is 5.41 Å². The van der Waals surface area contributed by atoms with E-state index in [0.29, 0.717) is 12.8 Å². The second-order valence-corrected chi connectivity index (χ2v) is 3.89. The van der Waals surface area contributed by atoms with Crippen LogP contribution in [-0.4, -0.2) is 23.0 Å². The molecule has 4 nitrogen and oxygen atoms in total. The van der Waals surface area contributed by atoms with E-state index in [1.54, 1.807) is 0 Å². The first-order valence-electron chi connectivity index (χ1n) is 5.05. The van der Waals surface area contributed by atoms with Gasteiger partial charge in [-0.05, 0) is 26.7 Å². The third-order valence-corrected chi connectivity index (χ3v) is 2.86. The minimum absolute atomic E-state index is 0.0913. The van der Waals surface area contributed by atoms with Crippen LogP contribution in [-0.2, 0) is 14.4 Å². The van der Waals surface area contributed by atoms with E-state index >= 15 is 0 Å². The van der Waals surface area contributed by atoms with E-state index in [0.717, 1.165) is 0 Å². The largest absolute Gasteiger partial charge is 0.348 e. The molecule has 0 atom stereocenters. The molecule has 0 aliphatic carbocycles. The SMILES string of the molecule is CCC1(CC)C(=O)ON(C(C)C)C1=O. The van der Waals surface area contributed by atoms with Gasteiger partial charge in [-0.2, -0.15) is 5.06 Å². The Labute approximate surface area is 84.2 Å².